The van der Waals surface area contributed by atoms with Crippen LogP contribution in [0.5, 0.6) is 5.75 Å². The third kappa shape index (κ3) is 6.48. The lowest BCUT2D eigenvalue weighted by Crippen LogP contribution is -2.47. The van der Waals surface area contributed by atoms with E-state index in [2.05, 4.69) is 12.2 Å². The number of amides is 2. The largest absolute Gasteiger partial charge is 0.484 e. The summed E-state index contributed by atoms with van der Waals surface area (Å²) in [5.41, 5.74) is 0.662. The smallest absolute Gasteiger partial charge is 0.416 e. The zero-order valence-corrected chi connectivity index (χ0v) is 18.0. The lowest BCUT2D eigenvalue weighted by atomic mass is 10.0. The quantitative estimate of drug-likeness (QED) is 0.681. The fourth-order valence-corrected chi connectivity index (χ4v) is 3.67. The van der Waals surface area contributed by atoms with Crippen molar-refractivity contribution in [1.29, 1.82) is 0 Å². The number of hydrogen-bond donors (Lipinski definition) is 1. The molecule has 5 nitrogen and oxygen atoms in total. The molecule has 1 heterocycles. The molecular weight excluding hydrogens is 421 g/mol. The third-order valence-electron chi connectivity index (χ3n) is 5.44. The number of benzene rings is 2. The summed E-state index contributed by atoms with van der Waals surface area (Å²) in [6, 6.07) is 11.8. The molecule has 1 fully saturated rings. The zero-order valence-electron chi connectivity index (χ0n) is 18.0. The molecular formula is C24H27F3N2O3. The second kappa shape index (κ2) is 10.5. The summed E-state index contributed by atoms with van der Waals surface area (Å²) >= 11 is 0. The van der Waals surface area contributed by atoms with E-state index < -0.39 is 11.7 Å². The first-order chi connectivity index (χ1) is 15.3. The zero-order chi connectivity index (χ0) is 23.1. The molecule has 2 aromatic rings. The van der Waals surface area contributed by atoms with Gasteiger partial charge >= 0.3 is 6.18 Å². The monoisotopic (exact) mass is 448 g/mol. The molecule has 172 valence electrons. The fraction of sp³-hybridized carbons (Fsp3) is 0.417. The number of hydrogen-bond acceptors (Lipinski definition) is 3. The molecule has 1 aliphatic heterocycles. The van der Waals surface area contributed by atoms with Gasteiger partial charge in [0.15, 0.2) is 6.61 Å². The maximum atomic E-state index is 12.7. The molecule has 0 atom stereocenters. The predicted octanol–water partition coefficient (Wildman–Crippen LogP) is 4.46. The Morgan fingerprint density at radius 1 is 1.03 bits per heavy atom. The fourth-order valence-electron chi connectivity index (χ4n) is 3.67. The number of ether oxygens (including phenoxy) is 1. The van der Waals surface area contributed by atoms with Crippen molar-refractivity contribution in [3.05, 3.63) is 65.2 Å². The third-order valence-corrected chi connectivity index (χ3v) is 5.44. The summed E-state index contributed by atoms with van der Waals surface area (Å²) in [5, 5.41) is 2.92. The van der Waals surface area contributed by atoms with Crippen molar-refractivity contribution in [3.63, 3.8) is 0 Å². The Balaban J connectivity index is 1.42. The summed E-state index contributed by atoms with van der Waals surface area (Å²) in [6.45, 7) is 2.87. The van der Waals surface area contributed by atoms with Gasteiger partial charge in [-0.05, 0) is 61.2 Å². The van der Waals surface area contributed by atoms with Crippen LogP contribution in [0.3, 0.4) is 0 Å². The van der Waals surface area contributed by atoms with Gasteiger partial charge in [-0.15, -0.1) is 0 Å². The average molecular weight is 448 g/mol. The highest BCUT2D eigenvalue weighted by atomic mass is 19.4. The van der Waals surface area contributed by atoms with Gasteiger partial charge in [0.1, 0.15) is 5.75 Å². The van der Waals surface area contributed by atoms with E-state index in [1.165, 1.54) is 17.7 Å². The molecule has 32 heavy (non-hydrogen) atoms. The predicted molar refractivity (Wildman–Crippen MR) is 114 cm³/mol. The van der Waals surface area contributed by atoms with E-state index in [1.54, 1.807) is 4.90 Å². The molecule has 3 rings (SSSR count). The van der Waals surface area contributed by atoms with Gasteiger partial charge in [-0.25, -0.2) is 0 Å². The summed E-state index contributed by atoms with van der Waals surface area (Å²) in [6.07, 6.45) is -1.22. The second-order valence-electron chi connectivity index (χ2n) is 7.89. The van der Waals surface area contributed by atoms with Gasteiger partial charge < -0.3 is 15.0 Å². The van der Waals surface area contributed by atoms with Crippen molar-refractivity contribution in [2.45, 2.75) is 44.8 Å². The van der Waals surface area contributed by atoms with Crippen molar-refractivity contribution in [2.75, 3.05) is 19.7 Å². The molecule has 2 aromatic carbocycles. The average Bonchev–Trinajstić information content (AvgIpc) is 2.78. The van der Waals surface area contributed by atoms with Crippen LogP contribution in [0.1, 0.15) is 47.7 Å². The Morgan fingerprint density at radius 2 is 1.66 bits per heavy atom. The van der Waals surface area contributed by atoms with Gasteiger partial charge in [-0.2, -0.15) is 13.2 Å². The molecule has 0 aromatic heterocycles. The van der Waals surface area contributed by atoms with E-state index >= 15 is 0 Å². The maximum absolute atomic E-state index is 12.7. The van der Waals surface area contributed by atoms with Gasteiger partial charge in [0.25, 0.3) is 11.8 Å². The van der Waals surface area contributed by atoms with Crippen LogP contribution in [0.15, 0.2) is 48.5 Å². The van der Waals surface area contributed by atoms with Crippen molar-refractivity contribution >= 4 is 11.8 Å². The number of carbonyl (C=O) groups is 2. The number of alkyl halides is 3. The lowest BCUT2D eigenvalue weighted by molar-refractivity contribution is -0.137. The van der Waals surface area contributed by atoms with Crippen molar-refractivity contribution in [2.24, 2.45) is 0 Å². The molecule has 1 aliphatic rings. The van der Waals surface area contributed by atoms with Crippen LogP contribution in [0, 0.1) is 0 Å². The first-order valence-electron chi connectivity index (χ1n) is 10.7. The minimum atomic E-state index is -4.43. The Labute approximate surface area is 185 Å². The number of halogens is 3. The molecule has 0 bridgehead atoms. The van der Waals surface area contributed by atoms with E-state index in [0.29, 0.717) is 31.7 Å². The van der Waals surface area contributed by atoms with Crippen LogP contribution in [-0.4, -0.2) is 42.5 Å². The molecule has 0 unspecified atom stereocenters. The second-order valence-corrected chi connectivity index (χ2v) is 7.89. The standard InChI is InChI=1S/C24H27F3N2O3/c1-2-3-17-4-10-21(11-5-17)32-16-22(30)28-20-12-14-29(15-13-20)23(31)18-6-8-19(9-7-18)24(25,26)27/h4-11,20H,2-3,12-16H2,1H3,(H,28,30). The molecule has 0 spiro atoms. The van der Waals surface area contributed by atoms with Crippen LogP contribution < -0.4 is 10.1 Å². The molecule has 0 saturated carbocycles. The van der Waals surface area contributed by atoms with Gasteiger partial charge in [0.05, 0.1) is 5.56 Å². The van der Waals surface area contributed by atoms with E-state index in [0.717, 1.165) is 25.0 Å². The lowest BCUT2D eigenvalue weighted by Gasteiger charge is -2.32. The highest BCUT2D eigenvalue weighted by Gasteiger charge is 2.31. The SMILES string of the molecule is CCCc1ccc(OCC(=O)NC2CCN(C(=O)c3ccc(C(F)(F)F)cc3)CC2)cc1. The molecule has 2 amide bonds. The van der Waals surface area contributed by atoms with Crippen LogP contribution in [0.2, 0.25) is 0 Å². The van der Waals surface area contributed by atoms with Crippen molar-refractivity contribution in [3.8, 4) is 5.75 Å². The van der Waals surface area contributed by atoms with E-state index in [-0.39, 0.29) is 30.0 Å². The normalized spacial score (nSPS) is 14.8. The first kappa shape index (κ1) is 23.6. The topological polar surface area (TPSA) is 58.6 Å². The van der Waals surface area contributed by atoms with E-state index in [4.69, 9.17) is 4.74 Å². The number of piperidine rings is 1. The van der Waals surface area contributed by atoms with Crippen LogP contribution >= 0.6 is 0 Å². The van der Waals surface area contributed by atoms with Crippen LogP contribution in [0.25, 0.3) is 0 Å². The summed E-state index contributed by atoms with van der Waals surface area (Å²) in [7, 11) is 0. The number of nitrogens with one attached hydrogen (secondary N) is 1. The summed E-state index contributed by atoms with van der Waals surface area (Å²) in [4.78, 5) is 26.3. The van der Waals surface area contributed by atoms with Gasteiger partial charge in [-0.1, -0.05) is 25.5 Å². The summed E-state index contributed by atoms with van der Waals surface area (Å²) in [5.74, 6) is 0.102. The molecule has 1 N–H and O–H groups in total. The Morgan fingerprint density at radius 3 is 2.22 bits per heavy atom. The van der Waals surface area contributed by atoms with Crippen LogP contribution in [-0.2, 0) is 17.4 Å². The van der Waals surface area contributed by atoms with Crippen LogP contribution in [0.4, 0.5) is 13.2 Å². The number of carbonyl (C=O) groups excluding carboxylic acids is 2. The Hall–Kier alpha value is -3.03. The Bertz CT molecular complexity index is 904. The number of aryl methyl sites for hydroxylation is 1. The van der Waals surface area contributed by atoms with Gasteiger partial charge in [0, 0.05) is 24.7 Å². The highest BCUT2D eigenvalue weighted by molar-refractivity contribution is 5.94. The highest BCUT2D eigenvalue weighted by Crippen LogP contribution is 2.29. The van der Waals surface area contributed by atoms with Crippen molar-refractivity contribution < 1.29 is 27.5 Å². The molecule has 0 radical (unpaired) electrons. The first-order valence-corrected chi connectivity index (χ1v) is 10.7. The number of nitrogens with zero attached hydrogens (tertiary/aromatic N) is 1. The molecule has 1 saturated heterocycles. The molecule has 8 heteroatoms. The number of likely N-dealkylation sites (tertiary alicyclic amines) is 1. The Kier molecular flexibility index (Phi) is 7.77. The van der Waals surface area contributed by atoms with E-state index in [9.17, 15) is 22.8 Å². The maximum Gasteiger partial charge on any atom is 0.416 e. The van der Waals surface area contributed by atoms with E-state index in [1.807, 2.05) is 24.3 Å². The van der Waals surface area contributed by atoms with Gasteiger partial charge in [0.2, 0.25) is 0 Å². The minimum Gasteiger partial charge on any atom is -0.484 e. The minimum absolute atomic E-state index is 0.0744. The van der Waals surface area contributed by atoms with Crippen molar-refractivity contribution in [1.82, 2.24) is 10.2 Å². The molecule has 0 aliphatic carbocycles. The van der Waals surface area contributed by atoms with Gasteiger partial charge in [-0.3, -0.25) is 9.59 Å². The number of rotatable bonds is 7. The summed E-state index contributed by atoms with van der Waals surface area (Å²) < 4.78 is 43.6.